The van der Waals surface area contributed by atoms with Crippen LogP contribution >= 0.6 is 0 Å². The molecule has 28 heavy (non-hydrogen) atoms. The number of fused-ring (bicyclic) bond motifs is 1. The van der Waals surface area contributed by atoms with Gasteiger partial charge < -0.3 is 14.4 Å². The van der Waals surface area contributed by atoms with Crippen LogP contribution in [0, 0.1) is 5.82 Å². The van der Waals surface area contributed by atoms with E-state index in [2.05, 4.69) is 4.98 Å². The van der Waals surface area contributed by atoms with Crippen LogP contribution in [0.4, 0.5) is 4.39 Å². The standard InChI is InChI=1S/C22H21FN2O3/c1-27-21-14-20(24-19-5-3-2-4-18(19)21)22(26)25-12-10-17(11-13-25)28-16-8-6-15(23)7-9-16/h2-9,14,17H,10-13H2,1H3. The Morgan fingerprint density at radius 2 is 1.82 bits per heavy atom. The summed E-state index contributed by atoms with van der Waals surface area (Å²) in [5.41, 5.74) is 1.12. The van der Waals surface area contributed by atoms with Crippen LogP contribution in [-0.4, -0.2) is 42.1 Å². The Labute approximate surface area is 162 Å². The van der Waals surface area contributed by atoms with Gasteiger partial charge in [-0.05, 0) is 36.4 Å². The molecule has 144 valence electrons. The highest BCUT2D eigenvalue weighted by molar-refractivity contribution is 5.97. The first kappa shape index (κ1) is 18.2. The van der Waals surface area contributed by atoms with Crippen LogP contribution in [0.3, 0.4) is 0 Å². The minimum absolute atomic E-state index is 0.00797. The lowest BCUT2D eigenvalue weighted by Crippen LogP contribution is -2.42. The van der Waals surface area contributed by atoms with E-state index < -0.39 is 0 Å². The van der Waals surface area contributed by atoms with E-state index in [0.717, 1.165) is 10.9 Å². The van der Waals surface area contributed by atoms with Gasteiger partial charge in [-0.15, -0.1) is 0 Å². The molecule has 1 aromatic heterocycles. The zero-order valence-electron chi connectivity index (χ0n) is 15.6. The van der Waals surface area contributed by atoms with Gasteiger partial charge in [-0.2, -0.15) is 0 Å². The van der Waals surface area contributed by atoms with Gasteiger partial charge in [0, 0.05) is 37.4 Å². The largest absolute Gasteiger partial charge is 0.496 e. The molecule has 1 aliphatic rings. The Hall–Kier alpha value is -3.15. The highest BCUT2D eigenvalue weighted by atomic mass is 19.1. The Kier molecular flexibility index (Phi) is 5.10. The van der Waals surface area contributed by atoms with Crippen molar-refractivity contribution in [3.8, 4) is 11.5 Å². The summed E-state index contributed by atoms with van der Waals surface area (Å²) in [6.45, 7) is 1.17. The van der Waals surface area contributed by atoms with Gasteiger partial charge in [0.15, 0.2) is 0 Å². The molecule has 0 saturated carbocycles. The van der Waals surface area contributed by atoms with Crippen molar-refractivity contribution in [3.05, 3.63) is 66.1 Å². The fourth-order valence-corrected chi connectivity index (χ4v) is 3.47. The lowest BCUT2D eigenvalue weighted by Gasteiger charge is -2.32. The summed E-state index contributed by atoms with van der Waals surface area (Å²) < 4.78 is 24.3. The molecule has 2 aromatic carbocycles. The quantitative estimate of drug-likeness (QED) is 0.685. The normalized spacial score (nSPS) is 14.9. The number of hydrogen-bond acceptors (Lipinski definition) is 4. The van der Waals surface area contributed by atoms with E-state index in [1.54, 1.807) is 30.2 Å². The summed E-state index contributed by atoms with van der Waals surface area (Å²) in [6.07, 6.45) is 1.44. The topological polar surface area (TPSA) is 51.7 Å². The van der Waals surface area contributed by atoms with Gasteiger partial charge in [-0.25, -0.2) is 9.37 Å². The summed E-state index contributed by atoms with van der Waals surface area (Å²) in [5.74, 6) is 0.894. The zero-order chi connectivity index (χ0) is 19.5. The lowest BCUT2D eigenvalue weighted by molar-refractivity contribution is 0.0590. The van der Waals surface area contributed by atoms with Crippen LogP contribution in [0.15, 0.2) is 54.6 Å². The maximum atomic E-state index is 13.0. The molecule has 0 spiro atoms. The second-order valence-corrected chi connectivity index (χ2v) is 6.79. The number of carbonyl (C=O) groups excluding carboxylic acids is 1. The predicted octanol–water partition coefficient (Wildman–Crippen LogP) is 4.07. The number of ether oxygens (including phenoxy) is 2. The van der Waals surface area contributed by atoms with E-state index in [9.17, 15) is 9.18 Å². The highest BCUT2D eigenvalue weighted by Gasteiger charge is 2.26. The molecular formula is C22H21FN2O3. The van der Waals surface area contributed by atoms with E-state index in [0.29, 0.717) is 43.1 Å². The minimum Gasteiger partial charge on any atom is -0.496 e. The van der Waals surface area contributed by atoms with E-state index in [4.69, 9.17) is 9.47 Å². The van der Waals surface area contributed by atoms with Gasteiger partial charge in [-0.3, -0.25) is 4.79 Å². The minimum atomic E-state index is -0.286. The molecule has 1 fully saturated rings. The number of pyridine rings is 1. The van der Waals surface area contributed by atoms with Gasteiger partial charge in [0.05, 0.1) is 12.6 Å². The van der Waals surface area contributed by atoms with Crippen molar-refractivity contribution in [3.63, 3.8) is 0 Å². The number of nitrogens with zero attached hydrogens (tertiary/aromatic N) is 2. The number of carbonyl (C=O) groups is 1. The Balaban J connectivity index is 1.44. The second kappa shape index (κ2) is 7.84. The summed E-state index contributed by atoms with van der Waals surface area (Å²) in [5, 5.41) is 0.882. The van der Waals surface area contributed by atoms with Crippen LogP contribution in [0.1, 0.15) is 23.3 Å². The molecule has 0 aliphatic carbocycles. The average molecular weight is 380 g/mol. The summed E-state index contributed by atoms with van der Waals surface area (Å²) in [4.78, 5) is 19.2. The Morgan fingerprint density at radius 1 is 1.11 bits per heavy atom. The van der Waals surface area contributed by atoms with Gasteiger partial charge >= 0.3 is 0 Å². The number of benzene rings is 2. The van der Waals surface area contributed by atoms with E-state index in [-0.39, 0.29) is 17.8 Å². The zero-order valence-corrected chi connectivity index (χ0v) is 15.6. The molecule has 2 heterocycles. The maximum absolute atomic E-state index is 13.0. The highest BCUT2D eigenvalue weighted by Crippen LogP contribution is 2.26. The van der Waals surface area contributed by atoms with E-state index in [1.807, 2.05) is 24.3 Å². The van der Waals surface area contributed by atoms with Crippen LogP contribution in [0.5, 0.6) is 11.5 Å². The molecular weight excluding hydrogens is 359 g/mol. The van der Waals surface area contributed by atoms with Crippen LogP contribution in [-0.2, 0) is 0 Å². The molecule has 6 heteroatoms. The number of likely N-dealkylation sites (tertiary alicyclic amines) is 1. The Bertz CT molecular complexity index is 983. The molecule has 0 unspecified atom stereocenters. The predicted molar refractivity (Wildman–Crippen MR) is 104 cm³/mol. The monoisotopic (exact) mass is 380 g/mol. The molecule has 0 N–H and O–H groups in total. The molecule has 1 aliphatic heterocycles. The summed E-state index contributed by atoms with van der Waals surface area (Å²) in [6, 6.07) is 15.3. The fourth-order valence-electron chi connectivity index (χ4n) is 3.47. The van der Waals surface area contributed by atoms with Gasteiger partial charge in [0.1, 0.15) is 29.1 Å². The van der Waals surface area contributed by atoms with Crippen LogP contribution in [0.25, 0.3) is 10.9 Å². The van der Waals surface area contributed by atoms with Crippen molar-refractivity contribution in [1.29, 1.82) is 0 Å². The number of amides is 1. The van der Waals surface area contributed by atoms with Crippen LogP contribution < -0.4 is 9.47 Å². The maximum Gasteiger partial charge on any atom is 0.272 e. The third-order valence-corrected chi connectivity index (χ3v) is 4.96. The second-order valence-electron chi connectivity index (χ2n) is 6.79. The van der Waals surface area contributed by atoms with Crippen molar-refractivity contribution in [2.24, 2.45) is 0 Å². The number of aromatic nitrogens is 1. The summed E-state index contributed by atoms with van der Waals surface area (Å²) >= 11 is 0. The third-order valence-electron chi connectivity index (χ3n) is 4.96. The number of hydrogen-bond donors (Lipinski definition) is 0. The SMILES string of the molecule is COc1cc(C(=O)N2CCC(Oc3ccc(F)cc3)CC2)nc2ccccc12. The van der Waals surface area contributed by atoms with Gasteiger partial charge in [0.25, 0.3) is 5.91 Å². The van der Waals surface area contributed by atoms with E-state index in [1.165, 1.54) is 12.1 Å². The summed E-state index contributed by atoms with van der Waals surface area (Å²) in [7, 11) is 1.59. The van der Waals surface area contributed by atoms with Crippen molar-refractivity contribution in [2.45, 2.75) is 18.9 Å². The van der Waals surface area contributed by atoms with E-state index >= 15 is 0 Å². The van der Waals surface area contributed by atoms with Gasteiger partial charge in [0.2, 0.25) is 0 Å². The van der Waals surface area contributed by atoms with Crippen molar-refractivity contribution in [1.82, 2.24) is 9.88 Å². The number of rotatable bonds is 4. The average Bonchev–Trinajstić information content (AvgIpc) is 2.74. The molecule has 1 saturated heterocycles. The number of para-hydroxylation sites is 1. The molecule has 3 aromatic rings. The molecule has 0 bridgehead atoms. The first-order valence-electron chi connectivity index (χ1n) is 9.29. The molecule has 0 atom stereocenters. The smallest absolute Gasteiger partial charge is 0.272 e. The van der Waals surface area contributed by atoms with Crippen molar-refractivity contribution < 1.29 is 18.7 Å². The molecule has 5 nitrogen and oxygen atoms in total. The number of methoxy groups -OCH3 is 1. The van der Waals surface area contributed by atoms with Gasteiger partial charge in [-0.1, -0.05) is 12.1 Å². The van der Waals surface area contributed by atoms with Crippen molar-refractivity contribution >= 4 is 16.8 Å². The lowest BCUT2D eigenvalue weighted by atomic mass is 10.1. The van der Waals surface area contributed by atoms with Crippen LogP contribution in [0.2, 0.25) is 0 Å². The third kappa shape index (κ3) is 3.76. The Morgan fingerprint density at radius 3 is 2.54 bits per heavy atom. The number of halogens is 1. The molecule has 1 amide bonds. The van der Waals surface area contributed by atoms with Crippen molar-refractivity contribution in [2.75, 3.05) is 20.2 Å². The fraction of sp³-hybridized carbons (Fsp3) is 0.273. The molecule has 0 radical (unpaired) electrons. The molecule has 4 rings (SSSR count). The first-order chi connectivity index (χ1) is 13.6. The first-order valence-corrected chi connectivity index (χ1v) is 9.29. The number of piperidine rings is 1.